The van der Waals surface area contributed by atoms with E-state index in [0.717, 1.165) is 16.8 Å². The van der Waals surface area contributed by atoms with Crippen molar-refractivity contribution in [1.82, 2.24) is 9.97 Å². The van der Waals surface area contributed by atoms with E-state index in [1.165, 1.54) is 12.1 Å². The smallest absolute Gasteiger partial charge is 0.274 e. The Balaban J connectivity index is 1.77. The van der Waals surface area contributed by atoms with Gasteiger partial charge in [-0.2, -0.15) is 0 Å². The Hall–Kier alpha value is -3.28. The first-order chi connectivity index (χ1) is 13.7. The zero-order chi connectivity index (χ0) is 21.0. The van der Waals surface area contributed by atoms with Crippen LogP contribution in [0.5, 0.6) is 0 Å². The van der Waals surface area contributed by atoms with Crippen molar-refractivity contribution in [3.63, 3.8) is 0 Å². The van der Waals surface area contributed by atoms with Crippen LogP contribution in [-0.2, 0) is 12.0 Å². The van der Waals surface area contributed by atoms with Gasteiger partial charge in [-0.1, -0.05) is 51.1 Å². The summed E-state index contributed by atoms with van der Waals surface area (Å²) in [4.78, 5) is 21.5. The van der Waals surface area contributed by atoms with Crippen molar-refractivity contribution in [2.75, 3.05) is 10.6 Å². The highest BCUT2D eigenvalue weighted by molar-refractivity contribution is 6.03. The maximum Gasteiger partial charge on any atom is 0.274 e. The first-order valence-corrected chi connectivity index (χ1v) is 9.47. The van der Waals surface area contributed by atoms with E-state index in [2.05, 4.69) is 41.4 Å². The molecule has 6 heteroatoms. The minimum Gasteiger partial charge on any atom is -0.350 e. The molecule has 0 unspecified atom stereocenters. The van der Waals surface area contributed by atoms with Crippen molar-refractivity contribution in [3.8, 4) is 0 Å². The molecule has 1 amide bonds. The van der Waals surface area contributed by atoms with Gasteiger partial charge in [-0.25, -0.2) is 14.4 Å². The summed E-state index contributed by atoms with van der Waals surface area (Å²) < 4.78 is 13.0. The summed E-state index contributed by atoms with van der Waals surface area (Å²) in [6, 6.07) is 15.6. The zero-order valence-corrected chi connectivity index (χ0v) is 17.1. The first-order valence-electron chi connectivity index (χ1n) is 9.47. The Morgan fingerprint density at radius 3 is 2.41 bits per heavy atom. The number of aromatic nitrogens is 2. The Labute approximate surface area is 170 Å². The summed E-state index contributed by atoms with van der Waals surface area (Å²) in [5.41, 5.74) is 3.56. The molecule has 1 aromatic heterocycles. The highest BCUT2D eigenvalue weighted by Gasteiger charge is 2.19. The zero-order valence-electron chi connectivity index (χ0n) is 17.1. The number of amides is 1. The van der Waals surface area contributed by atoms with Crippen molar-refractivity contribution in [2.45, 2.75) is 39.7 Å². The van der Waals surface area contributed by atoms with Crippen LogP contribution in [-0.4, -0.2) is 15.9 Å². The number of nitrogens with zero attached hydrogens (tertiary/aromatic N) is 2. The van der Waals surface area contributed by atoms with E-state index in [9.17, 15) is 9.18 Å². The lowest BCUT2D eigenvalue weighted by Gasteiger charge is -2.23. The molecule has 0 saturated heterocycles. The molecule has 0 bridgehead atoms. The fraction of sp³-hybridized carbons (Fsp3) is 0.261. The van der Waals surface area contributed by atoms with Crippen LogP contribution in [0.25, 0.3) is 0 Å². The number of rotatable bonds is 5. The molecule has 3 aromatic rings. The molecule has 29 heavy (non-hydrogen) atoms. The maximum absolute atomic E-state index is 13.0. The molecule has 0 atom stereocenters. The van der Waals surface area contributed by atoms with Gasteiger partial charge >= 0.3 is 0 Å². The Bertz CT molecular complexity index is 1010. The van der Waals surface area contributed by atoms with E-state index in [-0.39, 0.29) is 22.8 Å². The number of carbonyl (C=O) groups is 1. The van der Waals surface area contributed by atoms with Crippen LogP contribution in [0.15, 0.2) is 54.6 Å². The molecule has 2 N–H and O–H groups in total. The topological polar surface area (TPSA) is 66.9 Å². The Morgan fingerprint density at radius 2 is 1.72 bits per heavy atom. The van der Waals surface area contributed by atoms with Gasteiger partial charge in [0.15, 0.2) is 0 Å². The van der Waals surface area contributed by atoms with E-state index in [0.29, 0.717) is 18.2 Å². The van der Waals surface area contributed by atoms with Crippen LogP contribution in [0.1, 0.15) is 48.1 Å². The van der Waals surface area contributed by atoms with E-state index in [1.807, 2.05) is 31.2 Å². The lowest BCUT2D eigenvalue weighted by Crippen LogP contribution is -2.20. The van der Waals surface area contributed by atoms with Crippen molar-refractivity contribution in [2.24, 2.45) is 0 Å². The van der Waals surface area contributed by atoms with Crippen molar-refractivity contribution in [1.29, 1.82) is 0 Å². The molecule has 0 spiro atoms. The van der Waals surface area contributed by atoms with Gasteiger partial charge in [-0.15, -0.1) is 0 Å². The first kappa shape index (κ1) is 20.5. The summed E-state index contributed by atoms with van der Waals surface area (Å²) in [6.45, 7) is 8.54. The maximum atomic E-state index is 13.0. The largest absolute Gasteiger partial charge is 0.350 e. The van der Waals surface area contributed by atoms with Crippen molar-refractivity contribution < 1.29 is 9.18 Å². The molecule has 0 aliphatic carbocycles. The molecule has 0 aliphatic rings. The summed E-state index contributed by atoms with van der Waals surface area (Å²) in [5.74, 6) is -0.226. The highest BCUT2D eigenvalue weighted by atomic mass is 19.1. The van der Waals surface area contributed by atoms with Crippen LogP contribution in [0.2, 0.25) is 0 Å². The molecular weight excluding hydrogens is 367 g/mol. The van der Waals surface area contributed by atoms with Crippen molar-refractivity contribution >= 4 is 17.5 Å². The minimum atomic E-state index is -0.294. The third kappa shape index (κ3) is 5.38. The van der Waals surface area contributed by atoms with Gasteiger partial charge < -0.3 is 10.6 Å². The summed E-state index contributed by atoms with van der Waals surface area (Å²) >= 11 is 0. The van der Waals surface area contributed by atoms with E-state index in [4.69, 9.17) is 0 Å². The molecule has 0 saturated carbocycles. The molecule has 2 aromatic carbocycles. The van der Waals surface area contributed by atoms with Crippen molar-refractivity contribution in [3.05, 3.63) is 82.9 Å². The van der Waals surface area contributed by atoms with Gasteiger partial charge in [0.05, 0.1) is 0 Å². The van der Waals surface area contributed by atoms with E-state index < -0.39 is 0 Å². The second kappa shape index (κ2) is 8.39. The molecular formula is C23H25FN4O. The van der Waals surface area contributed by atoms with E-state index in [1.54, 1.807) is 18.2 Å². The second-order valence-electron chi connectivity index (χ2n) is 7.95. The SMILES string of the molecule is Cc1cc(C(=O)Nc2ccccc2C(C)(C)C)nc(NCc2ccc(F)cc2)n1. The van der Waals surface area contributed by atoms with E-state index >= 15 is 0 Å². The fourth-order valence-electron chi connectivity index (χ4n) is 2.98. The number of anilines is 2. The van der Waals surface area contributed by atoms with Gasteiger partial charge in [0.25, 0.3) is 5.91 Å². The summed E-state index contributed by atoms with van der Waals surface area (Å²) in [5, 5.41) is 6.06. The highest BCUT2D eigenvalue weighted by Crippen LogP contribution is 2.29. The number of aryl methyl sites for hydroxylation is 1. The van der Waals surface area contributed by atoms with Gasteiger partial charge in [0.1, 0.15) is 11.5 Å². The molecule has 0 radical (unpaired) electrons. The second-order valence-corrected chi connectivity index (χ2v) is 7.95. The number of halogens is 1. The number of hydrogen-bond donors (Lipinski definition) is 2. The number of nitrogens with one attached hydrogen (secondary N) is 2. The number of para-hydroxylation sites is 1. The Kier molecular flexibility index (Phi) is 5.92. The molecule has 3 rings (SSSR count). The molecule has 1 heterocycles. The van der Waals surface area contributed by atoms with Crippen LogP contribution < -0.4 is 10.6 Å². The average Bonchev–Trinajstić information content (AvgIpc) is 2.67. The third-order valence-electron chi connectivity index (χ3n) is 4.43. The average molecular weight is 392 g/mol. The summed E-state index contributed by atoms with van der Waals surface area (Å²) in [6.07, 6.45) is 0. The number of hydrogen-bond acceptors (Lipinski definition) is 4. The minimum absolute atomic E-state index is 0.104. The fourth-order valence-corrected chi connectivity index (χ4v) is 2.98. The Morgan fingerprint density at radius 1 is 1.03 bits per heavy atom. The van der Waals surface area contributed by atoms with Gasteiger partial charge in [0, 0.05) is 17.9 Å². The van der Waals surface area contributed by atoms with Crippen LogP contribution in [0.4, 0.5) is 16.0 Å². The molecule has 0 fully saturated rings. The number of carbonyl (C=O) groups excluding carboxylic acids is 1. The monoisotopic (exact) mass is 392 g/mol. The van der Waals surface area contributed by atoms with Gasteiger partial charge in [-0.3, -0.25) is 4.79 Å². The van der Waals surface area contributed by atoms with Gasteiger partial charge in [-0.05, 0) is 47.7 Å². The van der Waals surface area contributed by atoms with Gasteiger partial charge in [0.2, 0.25) is 5.95 Å². The normalized spacial score (nSPS) is 11.2. The van der Waals surface area contributed by atoms with Crippen LogP contribution >= 0.6 is 0 Å². The lowest BCUT2D eigenvalue weighted by atomic mass is 9.86. The van der Waals surface area contributed by atoms with Crippen LogP contribution in [0, 0.1) is 12.7 Å². The van der Waals surface area contributed by atoms with Crippen LogP contribution in [0.3, 0.4) is 0 Å². The predicted molar refractivity (Wildman–Crippen MR) is 114 cm³/mol. The summed E-state index contributed by atoms with van der Waals surface area (Å²) in [7, 11) is 0. The molecule has 150 valence electrons. The quantitative estimate of drug-likeness (QED) is 0.635. The molecule has 0 aliphatic heterocycles. The lowest BCUT2D eigenvalue weighted by molar-refractivity contribution is 0.102. The predicted octanol–water partition coefficient (Wildman–Crippen LogP) is 5.09. The number of benzene rings is 2. The molecule has 5 nitrogen and oxygen atoms in total. The standard InChI is InChI=1S/C23H25FN4O/c1-15-13-20(21(29)27-19-8-6-5-7-18(19)23(2,3)4)28-22(26-15)25-14-16-9-11-17(24)12-10-16/h5-13H,14H2,1-4H3,(H,27,29)(H,25,26,28). The third-order valence-corrected chi connectivity index (χ3v) is 4.43.